The van der Waals surface area contributed by atoms with Crippen molar-refractivity contribution in [2.75, 3.05) is 27.2 Å². The summed E-state index contributed by atoms with van der Waals surface area (Å²) in [6.45, 7) is 0.0677. The summed E-state index contributed by atoms with van der Waals surface area (Å²) in [6, 6.07) is 4.89. The molecule has 0 aliphatic heterocycles. The number of ketones is 1. The van der Waals surface area contributed by atoms with Gasteiger partial charge in [-0.05, 0) is 38.4 Å². The van der Waals surface area contributed by atoms with Crippen molar-refractivity contribution in [3.05, 3.63) is 98.1 Å². The van der Waals surface area contributed by atoms with Gasteiger partial charge in [0.1, 0.15) is 29.5 Å². The number of rotatable bonds is 7. The highest BCUT2D eigenvalue weighted by molar-refractivity contribution is 6.29. The minimum absolute atomic E-state index is 0.00713. The Morgan fingerprint density at radius 1 is 1.10 bits per heavy atom. The molecule has 0 atom stereocenters. The number of allylic oxidation sites excluding steroid dienone is 4. The van der Waals surface area contributed by atoms with Crippen LogP contribution in [0.25, 0.3) is 38.3 Å². The molecule has 1 aliphatic carbocycles. The molecule has 0 saturated heterocycles. The Morgan fingerprint density at radius 2 is 1.90 bits per heavy atom. The molecule has 2 aromatic carbocycles. The van der Waals surface area contributed by atoms with E-state index >= 15 is 8.78 Å². The van der Waals surface area contributed by atoms with E-state index in [-0.39, 0.29) is 80.5 Å². The van der Waals surface area contributed by atoms with E-state index in [1.807, 2.05) is 19.0 Å². The number of ether oxygens (including phenoxy) is 1. The molecule has 1 aliphatic rings. The van der Waals surface area contributed by atoms with E-state index in [2.05, 4.69) is 9.97 Å². The van der Waals surface area contributed by atoms with Crippen LogP contribution in [0.15, 0.2) is 62.8 Å². The van der Waals surface area contributed by atoms with Gasteiger partial charge >= 0.3 is 11.7 Å². The summed E-state index contributed by atoms with van der Waals surface area (Å²) >= 11 is 0. The van der Waals surface area contributed by atoms with E-state index in [0.29, 0.717) is 6.54 Å². The number of carbonyl (C=O) groups excluding carboxylic acids is 2. The van der Waals surface area contributed by atoms with E-state index in [9.17, 15) is 19.2 Å². The number of aromatic nitrogens is 3. The number of carbonyl (C=O) groups is 2. The van der Waals surface area contributed by atoms with E-state index < -0.39 is 28.9 Å². The second-order valence-corrected chi connectivity index (χ2v) is 10.2. The molecule has 5 aromatic rings. The molecule has 0 fully saturated rings. The molecule has 3 aromatic heterocycles. The number of H-pyrrole nitrogens is 2. The second kappa shape index (κ2) is 10.4. The lowest BCUT2D eigenvalue weighted by atomic mass is 9.93. The Balaban J connectivity index is 1.66. The number of benzene rings is 2. The first-order valence-corrected chi connectivity index (χ1v) is 13.0. The highest BCUT2D eigenvalue weighted by Gasteiger charge is 2.32. The molecule has 12 heteroatoms. The van der Waals surface area contributed by atoms with E-state index in [1.165, 1.54) is 29.0 Å². The number of halogens is 2. The molecule has 6 rings (SSSR count). The van der Waals surface area contributed by atoms with Gasteiger partial charge in [-0.25, -0.2) is 18.4 Å². The normalized spacial score (nSPS) is 13.5. The summed E-state index contributed by atoms with van der Waals surface area (Å²) in [6.07, 6.45) is 6.30. The Labute approximate surface area is 235 Å². The Bertz CT molecular complexity index is 2110. The van der Waals surface area contributed by atoms with Crippen molar-refractivity contribution in [2.45, 2.75) is 13.0 Å². The van der Waals surface area contributed by atoms with Gasteiger partial charge in [0.15, 0.2) is 5.78 Å². The van der Waals surface area contributed by atoms with Crippen LogP contribution in [0.4, 0.5) is 8.78 Å². The minimum atomic E-state index is -0.810. The van der Waals surface area contributed by atoms with Gasteiger partial charge in [-0.1, -0.05) is 18.2 Å². The second-order valence-electron chi connectivity index (χ2n) is 10.2. The van der Waals surface area contributed by atoms with Crippen LogP contribution in [-0.2, 0) is 16.1 Å². The molecular formula is C30H24F2N4O6. The van der Waals surface area contributed by atoms with Crippen LogP contribution in [0.5, 0.6) is 0 Å². The van der Waals surface area contributed by atoms with Crippen LogP contribution in [-0.4, -0.2) is 58.4 Å². The average molecular weight is 575 g/mol. The standard InChI is InChI=1S/C30H24F2N4O6/c1-35(2)8-10-42-29(39)26-24(17-5-3-4-6-23(17)37)25-22(13-20(32)16-7-9-41-27(16)25)36(26)14-15-11-18-21(12-19(15)31)33-30(40)34-28(18)38/h3-5,7,9,11-13H,6,8,10,14H2,1-2H3,(H2,33,34,38,40). The van der Waals surface area contributed by atoms with Crippen LogP contribution in [0.3, 0.4) is 0 Å². The van der Waals surface area contributed by atoms with Gasteiger partial charge in [-0.2, -0.15) is 0 Å². The third kappa shape index (κ3) is 4.55. The maximum Gasteiger partial charge on any atom is 0.355 e. The Morgan fingerprint density at radius 3 is 2.67 bits per heavy atom. The van der Waals surface area contributed by atoms with Crippen molar-refractivity contribution in [3.8, 4) is 0 Å². The van der Waals surface area contributed by atoms with E-state index in [0.717, 1.165) is 6.07 Å². The summed E-state index contributed by atoms with van der Waals surface area (Å²) in [5.41, 5.74) is -1.04. The molecule has 0 unspecified atom stereocenters. The predicted octanol–water partition coefficient (Wildman–Crippen LogP) is 3.87. The van der Waals surface area contributed by atoms with Crippen LogP contribution >= 0.6 is 0 Å². The highest BCUT2D eigenvalue weighted by atomic mass is 19.1. The summed E-state index contributed by atoms with van der Waals surface area (Å²) in [5, 5.41) is 0.433. The number of hydrogen-bond acceptors (Lipinski definition) is 7. The van der Waals surface area contributed by atoms with Gasteiger partial charge < -0.3 is 23.6 Å². The van der Waals surface area contributed by atoms with Crippen molar-refractivity contribution < 1.29 is 27.5 Å². The van der Waals surface area contributed by atoms with Gasteiger partial charge in [0.05, 0.1) is 40.0 Å². The lowest BCUT2D eigenvalue weighted by Crippen LogP contribution is -2.23. The molecule has 0 amide bonds. The van der Waals surface area contributed by atoms with E-state index in [4.69, 9.17) is 9.15 Å². The van der Waals surface area contributed by atoms with Crippen LogP contribution in [0, 0.1) is 11.6 Å². The van der Waals surface area contributed by atoms with Crippen LogP contribution < -0.4 is 11.2 Å². The molecule has 42 heavy (non-hydrogen) atoms. The summed E-state index contributed by atoms with van der Waals surface area (Å²) in [4.78, 5) is 57.5. The predicted molar refractivity (Wildman–Crippen MR) is 151 cm³/mol. The minimum Gasteiger partial charge on any atom is -0.463 e. The van der Waals surface area contributed by atoms with Gasteiger partial charge in [-0.3, -0.25) is 14.6 Å². The third-order valence-electron chi connectivity index (χ3n) is 7.19. The quantitative estimate of drug-likeness (QED) is 0.282. The number of fused-ring (bicyclic) bond motifs is 4. The number of Topliss-reactive ketones (excluding diaryl/α,β-unsaturated/α-hetero) is 1. The van der Waals surface area contributed by atoms with Crippen molar-refractivity contribution in [2.24, 2.45) is 0 Å². The van der Waals surface area contributed by atoms with Gasteiger partial charge in [0.2, 0.25) is 0 Å². The fraction of sp³-hybridized carbons (Fsp3) is 0.200. The summed E-state index contributed by atoms with van der Waals surface area (Å²) in [5.74, 6) is -2.53. The fourth-order valence-electron chi connectivity index (χ4n) is 5.22. The monoisotopic (exact) mass is 574 g/mol. The van der Waals surface area contributed by atoms with Crippen molar-refractivity contribution in [1.82, 2.24) is 19.4 Å². The fourth-order valence-corrected chi connectivity index (χ4v) is 5.22. The zero-order chi connectivity index (χ0) is 29.7. The SMILES string of the molecule is CN(C)CCOC(=O)c1c(C2=CC=CCC2=O)c2c3occc3c(F)cc2n1Cc1cc2c(=O)[nH]c(=O)[nH]c2cc1F. The zero-order valence-electron chi connectivity index (χ0n) is 22.5. The van der Waals surface area contributed by atoms with Crippen molar-refractivity contribution in [1.29, 1.82) is 0 Å². The van der Waals surface area contributed by atoms with Crippen LogP contribution in [0.1, 0.15) is 28.0 Å². The number of esters is 1. The first-order valence-electron chi connectivity index (χ1n) is 13.0. The number of likely N-dealkylation sites (N-methyl/N-ethyl adjacent to an activating group) is 1. The molecule has 0 radical (unpaired) electrons. The van der Waals surface area contributed by atoms with E-state index in [1.54, 1.807) is 18.2 Å². The van der Waals surface area contributed by atoms with Gasteiger partial charge in [-0.15, -0.1) is 0 Å². The van der Waals surface area contributed by atoms with Crippen molar-refractivity contribution >= 4 is 50.1 Å². The zero-order valence-corrected chi connectivity index (χ0v) is 22.5. The maximum atomic E-state index is 15.5. The van der Waals surface area contributed by atoms with Crippen LogP contribution in [0.2, 0.25) is 0 Å². The number of furan rings is 1. The molecule has 0 spiro atoms. The highest BCUT2D eigenvalue weighted by Crippen LogP contribution is 2.40. The summed E-state index contributed by atoms with van der Waals surface area (Å²) < 4.78 is 43.5. The molecule has 0 bridgehead atoms. The molecular weight excluding hydrogens is 550 g/mol. The molecule has 214 valence electrons. The third-order valence-corrected chi connectivity index (χ3v) is 7.19. The number of nitrogens with zero attached hydrogens (tertiary/aromatic N) is 2. The largest absolute Gasteiger partial charge is 0.463 e. The molecule has 3 heterocycles. The molecule has 0 saturated carbocycles. The number of nitrogens with one attached hydrogen (secondary N) is 2. The van der Waals surface area contributed by atoms with Gasteiger partial charge in [0.25, 0.3) is 5.56 Å². The topological polar surface area (TPSA) is 130 Å². The first kappa shape index (κ1) is 27.1. The lowest BCUT2D eigenvalue weighted by Gasteiger charge is -2.15. The molecule has 10 nitrogen and oxygen atoms in total. The van der Waals surface area contributed by atoms with Gasteiger partial charge in [0, 0.05) is 29.7 Å². The molecule has 2 N–H and O–H groups in total. The first-order chi connectivity index (χ1) is 20.1. The number of hydrogen-bond donors (Lipinski definition) is 2. The smallest absolute Gasteiger partial charge is 0.355 e. The Kier molecular flexibility index (Phi) is 6.70. The number of aromatic amines is 2. The summed E-state index contributed by atoms with van der Waals surface area (Å²) in [7, 11) is 3.61. The average Bonchev–Trinajstić information content (AvgIpc) is 3.53. The Hall–Kier alpha value is -5.10. The van der Waals surface area contributed by atoms with Crippen molar-refractivity contribution in [3.63, 3.8) is 0 Å². The lowest BCUT2D eigenvalue weighted by molar-refractivity contribution is -0.113. The maximum absolute atomic E-state index is 15.5.